The smallest absolute Gasteiger partial charge is 0.341 e. The quantitative estimate of drug-likeness (QED) is 0.869. The van der Waals surface area contributed by atoms with Gasteiger partial charge in [0.05, 0.1) is 10.6 Å². The van der Waals surface area contributed by atoms with Gasteiger partial charge in [0.15, 0.2) is 0 Å². The summed E-state index contributed by atoms with van der Waals surface area (Å²) in [5, 5.41) is 3.04. The first-order valence-corrected chi connectivity index (χ1v) is 7.64. The van der Waals surface area contributed by atoms with E-state index in [9.17, 15) is 17.2 Å². The number of hydrogen-bond acceptors (Lipinski definition) is 3. The number of hydrogen-bond donors (Lipinski definition) is 1. The van der Waals surface area contributed by atoms with Crippen molar-refractivity contribution < 1.29 is 17.2 Å². The maximum atomic E-state index is 12.6. The van der Waals surface area contributed by atoms with Crippen LogP contribution in [0.5, 0.6) is 0 Å². The van der Waals surface area contributed by atoms with Crippen LogP contribution in [0.15, 0.2) is 29.2 Å². The highest BCUT2D eigenvalue weighted by atomic mass is 32.2. The van der Waals surface area contributed by atoms with Crippen LogP contribution < -0.4 is 5.32 Å². The summed E-state index contributed by atoms with van der Waals surface area (Å²) in [6.45, 7) is 5.82. The third kappa shape index (κ3) is 3.89. The Kier molecular flexibility index (Phi) is 4.90. The number of nitrogens with one attached hydrogen (secondary N) is 1. The maximum absolute atomic E-state index is 12.6. The lowest BCUT2D eigenvalue weighted by atomic mass is 9.98. The largest absolute Gasteiger partial charge is 0.379 e. The molecule has 0 aromatic heterocycles. The molecule has 1 N–H and O–H groups in total. The second-order valence-electron chi connectivity index (χ2n) is 5.06. The van der Waals surface area contributed by atoms with Crippen LogP contribution in [0.2, 0.25) is 0 Å². The molecule has 0 saturated carbocycles. The SMILES string of the molecule is CCCC(C)(C)Nc1ccccc1S(=O)(=O)C(F)F. The third-order valence-corrected chi connectivity index (χ3v) is 4.21. The van der Waals surface area contributed by atoms with Crippen LogP contribution in [0.3, 0.4) is 0 Å². The van der Waals surface area contributed by atoms with Gasteiger partial charge in [0.2, 0.25) is 9.84 Å². The monoisotopic (exact) mass is 291 g/mol. The van der Waals surface area contributed by atoms with Gasteiger partial charge in [-0.15, -0.1) is 0 Å². The summed E-state index contributed by atoms with van der Waals surface area (Å²) in [4.78, 5) is -0.353. The molecule has 0 atom stereocenters. The van der Waals surface area contributed by atoms with Crippen LogP contribution in [0, 0.1) is 0 Å². The molecule has 0 aliphatic heterocycles. The highest BCUT2D eigenvalue weighted by Crippen LogP contribution is 2.29. The van der Waals surface area contributed by atoms with E-state index in [1.54, 1.807) is 6.07 Å². The maximum Gasteiger partial charge on any atom is 0.341 e. The minimum Gasteiger partial charge on any atom is -0.379 e. The van der Waals surface area contributed by atoms with E-state index in [1.807, 2.05) is 20.8 Å². The Morgan fingerprint density at radius 3 is 2.37 bits per heavy atom. The molecule has 3 nitrogen and oxygen atoms in total. The fraction of sp³-hybridized carbons (Fsp3) is 0.538. The summed E-state index contributed by atoms with van der Waals surface area (Å²) in [6.07, 6.45) is 1.71. The molecule has 0 aliphatic rings. The molecule has 0 fully saturated rings. The Labute approximate surface area is 112 Å². The second kappa shape index (κ2) is 5.86. The van der Waals surface area contributed by atoms with Gasteiger partial charge < -0.3 is 5.32 Å². The molecule has 1 rings (SSSR count). The molecule has 1 aromatic carbocycles. The summed E-state index contributed by atoms with van der Waals surface area (Å²) in [7, 11) is -4.59. The van der Waals surface area contributed by atoms with Crippen molar-refractivity contribution in [2.45, 2.75) is 49.8 Å². The molecular formula is C13H19F2NO2S. The molecule has 0 heterocycles. The zero-order chi connectivity index (χ0) is 14.7. The lowest BCUT2D eigenvalue weighted by molar-refractivity contribution is 0.235. The van der Waals surface area contributed by atoms with Crippen LogP contribution in [-0.4, -0.2) is 19.7 Å². The molecule has 108 valence electrons. The van der Waals surface area contributed by atoms with Crippen molar-refractivity contribution in [3.05, 3.63) is 24.3 Å². The minimum absolute atomic E-state index is 0.223. The van der Waals surface area contributed by atoms with Gasteiger partial charge in [-0.05, 0) is 32.4 Å². The second-order valence-corrected chi connectivity index (χ2v) is 6.95. The lowest BCUT2D eigenvalue weighted by Crippen LogP contribution is -2.31. The molecule has 0 amide bonds. The number of alkyl halides is 2. The molecule has 1 aromatic rings. The molecule has 6 heteroatoms. The minimum atomic E-state index is -4.59. The summed E-state index contributed by atoms with van der Waals surface area (Å²) in [6, 6.07) is 5.76. The van der Waals surface area contributed by atoms with Gasteiger partial charge in [0.25, 0.3) is 0 Å². The van der Waals surface area contributed by atoms with Gasteiger partial charge in [-0.25, -0.2) is 8.42 Å². The van der Waals surface area contributed by atoms with Crippen molar-refractivity contribution in [3.8, 4) is 0 Å². The number of para-hydroxylation sites is 1. The highest BCUT2D eigenvalue weighted by Gasteiger charge is 2.30. The van der Waals surface area contributed by atoms with Gasteiger partial charge in [-0.2, -0.15) is 8.78 Å². The van der Waals surface area contributed by atoms with Crippen LogP contribution in [0.4, 0.5) is 14.5 Å². The average Bonchev–Trinajstić information content (AvgIpc) is 2.28. The van der Waals surface area contributed by atoms with Crippen LogP contribution >= 0.6 is 0 Å². The zero-order valence-electron chi connectivity index (χ0n) is 11.3. The first kappa shape index (κ1) is 15.9. The van der Waals surface area contributed by atoms with Crippen molar-refractivity contribution in [2.24, 2.45) is 0 Å². The summed E-state index contributed by atoms with van der Waals surface area (Å²) < 4.78 is 48.5. The highest BCUT2D eigenvalue weighted by molar-refractivity contribution is 7.91. The van der Waals surface area contributed by atoms with Crippen molar-refractivity contribution in [2.75, 3.05) is 5.32 Å². The predicted octanol–water partition coefficient (Wildman–Crippen LogP) is 3.67. The van der Waals surface area contributed by atoms with E-state index >= 15 is 0 Å². The number of benzene rings is 1. The van der Waals surface area contributed by atoms with E-state index in [-0.39, 0.29) is 16.1 Å². The molecule has 0 saturated heterocycles. The van der Waals surface area contributed by atoms with E-state index in [4.69, 9.17) is 0 Å². The number of halogens is 2. The molecule has 0 unspecified atom stereocenters. The van der Waals surface area contributed by atoms with Crippen LogP contribution in [0.25, 0.3) is 0 Å². The molecule has 0 radical (unpaired) electrons. The van der Waals surface area contributed by atoms with E-state index in [1.165, 1.54) is 18.2 Å². The zero-order valence-corrected chi connectivity index (χ0v) is 12.1. The number of rotatable bonds is 6. The topological polar surface area (TPSA) is 46.2 Å². The van der Waals surface area contributed by atoms with Gasteiger partial charge in [0, 0.05) is 5.54 Å². The predicted molar refractivity (Wildman–Crippen MR) is 72.2 cm³/mol. The van der Waals surface area contributed by atoms with E-state index < -0.39 is 15.6 Å². The first-order valence-electron chi connectivity index (χ1n) is 6.10. The fourth-order valence-corrected chi connectivity index (χ4v) is 2.85. The molecule has 0 aliphatic carbocycles. The number of anilines is 1. The Hall–Kier alpha value is -1.17. The van der Waals surface area contributed by atoms with E-state index in [0.29, 0.717) is 0 Å². The standard InChI is InChI=1S/C13H19F2NO2S/c1-4-9-13(2,3)16-10-7-5-6-8-11(10)19(17,18)12(14)15/h5-8,12,16H,4,9H2,1-3H3. The molecule has 0 bridgehead atoms. The van der Waals surface area contributed by atoms with Crippen molar-refractivity contribution in [3.63, 3.8) is 0 Å². The van der Waals surface area contributed by atoms with Crippen molar-refractivity contribution in [1.82, 2.24) is 0 Å². The molecular weight excluding hydrogens is 272 g/mol. The van der Waals surface area contributed by atoms with E-state index in [0.717, 1.165) is 12.8 Å². The average molecular weight is 291 g/mol. The van der Waals surface area contributed by atoms with Gasteiger partial charge in [0.1, 0.15) is 0 Å². The summed E-state index contributed by atoms with van der Waals surface area (Å²) >= 11 is 0. The molecule has 0 spiro atoms. The van der Waals surface area contributed by atoms with Gasteiger partial charge >= 0.3 is 5.76 Å². The summed E-state index contributed by atoms with van der Waals surface area (Å²) in [5.74, 6) is -3.41. The molecule has 19 heavy (non-hydrogen) atoms. The van der Waals surface area contributed by atoms with Gasteiger partial charge in [-0.1, -0.05) is 25.5 Å². The van der Waals surface area contributed by atoms with Crippen molar-refractivity contribution >= 4 is 15.5 Å². The van der Waals surface area contributed by atoms with Crippen LogP contribution in [-0.2, 0) is 9.84 Å². The Balaban J connectivity index is 3.18. The Bertz CT molecular complexity index is 527. The first-order chi connectivity index (χ1) is 8.70. The van der Waals surface area contributed by atoms with Crippen molar-refractivity contribution in [1.29, 1.82) is 0 Å². The number of sulfone groups is 1. The van der Waals surface area contributed by atoms with Gasteiger partial charge in [-0.3, -0.25) is 0 Å². The Morgan fingerprint density at radius 2 is 1.84 bits per heavy atom. The lowest BCUT2D eigenvalue weighted by Gasteiger charge is -2.28. The summed E-state index contributed by atoms with van der Waals surface area (Å²) in [5.41, 5.74) is -0.135. The Morgan fingerprint density at radius 1 is 1.26 bits per heavy atom. The van der Waals surface area contributed by atoms with E-state index in [2.05, 4.69) is 5.32 Å². The normalized spacial score (nSPS) is 12.7. The van der Waals surface area contributed by atoms with Crippen LogP contribution in [0.1, 0.15) is 33.6 Å². The fourth-order valence-electron chi connectivity index (χ4n) is 1.97. The third-order valence-electron chi connectivity index (χ3n) is 2.78.